The van der Waals surface area contributed by atoms with E-state index in [9.17, 15) is 0 Å². The summed E-state index contributed by atoms with van der Waals surface area (Å²) >= 11 is 17.6. The summed E-state index contributed by atoms with van der Waals surface area (Å²) in [7, 11) is 0. The van der Waals surface area contributed by atoms with Crippen LogP contribution in [0.5, 0.6) is 0 Å². The SMILES string of the molecule is ClCc1cn(-c2cccc(Cl)c2Cl)cn1. The summed E-state index contributed by atoms with van der Waals surface area (Å²) in [5.74, 6) is 0.380. The van der Waals surface area contributed by atoms with Crippen molar-refractivity contribution in [3.63, 3.8) is 0 Å². The number of alkyl halides is 1. The fourth-order valence-corrected chi connectivity index (χ4v) is 1.79. The molecule has 0 aliphatic heterocycles. The first-order valence-electron chi connectivity index (χ1n) is 4.25. The number of halogens is 3. The molecule has 0 bridgehead atoms. The molecule has 0 atom stereocenters. The molecule has 0 amide bonds. The molecular formula is C10H7Cl3N2. The Kier molecular flexibility index (Phi) is 3.19. The van der Waals surface area contributed by atoms with Crippen LogP contribution in [-0.2, 0) is 5.88 Å². The average Bonchev–Trinajstić information content (AvgIpc) is 2.70. The maximum absolute atomic E-state index is 6.07. The fourth-order valence-electron chi connectivity index (χ4n) is 1.26. The van der Waals surface area contributed by atoms with Gasteiger partial charge in [-0.1, -0.05) is 29.3 Å². The Bertz CT molecular complexity index is 479. The Morgan fingerprint density at radius 3 is 2.73 bits per heavy atom. The van der Waals surface area contributed by atoms with Crippen LogP contribution in [0.3, 0.4) is 0 Å². The van der Waals surface area contributed by atoms with Crippen LogP contribution in [0.1, 0.15) is 5.69 Å². The molecule has 1 heterocycles. The summed E-state index contributed by atoms with van der Waals surface area (Å²) in [6, 6.07) is 5.45. The first-order valence-corrected chi connectivity index (χ1v) is 5.54. The zero-order chi connectivity index (χ0) is 10.8. The van der Waals surface area contributed by atoms with Crippen molar-refractivity contribution < 1.29 is 0 Å². The molecule has 15 heavy (non-hydrogen) atoms. The number of hydrogen-bond donors (Lipinski definition) is 0. The van der Waals surface area contributed by atoms with Crippen molar-refractivity contribution in [2.75, 3.05) is 0 Å². The number of imidazole rings is 1. The Labute approximate surface area is 102 Å². The van der Waals surface area contributed by atoms with Crippen molar-refractivity contribution in [3.8, 4) is 5.69 Å². The molecule has 0 fully saturated rings. The van der Waals surface area contributed by atoms with Gasteiger partial charge in [-0.3, -0.25) is 0 Å². The van der Waals surface area contributed by atoms with Crippen molar-refractivity contribution in [1.29, 1.82) is 0 Å². The molecule has 1 aromatic heterocycles. The molecule has 0 saturated carbocycles. The summed E-state index contributed by atoms with van der Waals surface area (Å²) < 4.78 is 1.80. The van der Waals surface area contributed by atoms with Crippen LogP contribution in [0.15, 0.2) is 30.7 Å². The van der Waals surface area contributed by atoms with Gasteiger partial charge in [0, 0.05) is 6.20 Å². The molecule has 0 aliphatic rings. The standard InChI is InChI=1S/C10H7Cl3N2/c11-4-7-5-15(6-14-7)9-3-1-2-8(12)10(9)13/h1-3,5-6H,4H2. The molecule has 0 saturated heterocycles. The number of rotatable bonds is 2. The van der Waals surface area contributed by atoms with Gasteiger partial charge in [-0.2, -0.15) is 0 Å². The third kappa shape index (κ3) is 2.12. The van der Waals surface area contributed by atoms with Gasteiger partial charge < -0.3 is 4.57 Å². The highest BCUT2D eigenvalue weighted by Gasteiger charge is 2.06. The quantitative estimate of drug-likeness (QED) is 0.749. The topological polar surface area (TPSA) is 17.8 Å². The normalized spacial score (nSPS) is 10.6. The highest BCUT2D eigenvalue weighted by molar-refractivity contribution is 6.43. The second kappa shape index (κ2) is 4.44. The largest absolute Gasteiger partial charge is 0.304 e. The maximum atomic E-state index is 6.07. The third-order valence-corrected chi connectivity index (χ3v) is 3.07. The van der Waals surface area contributed by atoms with Gasteiger partial charge in [0.05, 0.1) is 33.6 Å². The maximum Gasteiger partial charge on any atom is 0.0996 e. The van der Waals surface area contributed by atoms with Crippen LogP contribution >= 0.6 is 34.8 Å². The van der Waals surface area contributed by atoms with Gasteiger partial charge in [-0.15, -0.1) is 11.6 Å². The van der Waals surface area contributed by atoms with Gasteiger partial charge in [0.25, 0.3) is 0 Å². The van der Waals surface area contributed by atoms with Crippen molar-refractivity contribution in [2.24, 2.45) is 0 Å². The average molecular weight is 262 g/mol. The van der Waals surface area contributed by atoms with Crippen LogP contribution in [-0.4, -0.2) is 9.55 Å². The highest BCUT2D eigenvalue weighted by Crippen LogP contribution is 2.28. The van der Waals surface area contributed by atoms with E-state index in [1.165, 1.54) is 0 Å². The summed E-state index contributed by atoms with van der Waals surface area (Å²) in [6.07, 6.45) is 3.49. The number of aromatic nitrogens is 2. The van der Waals surface area contributed by atoms with Gasteiger partial charge in [0.1, 0.15) is 0 Å². The zero-order valence-electron chi connectivity index (χ0n) is 7.62. The van der Waals surface area contributed by atoms with Crippen LogP contribution in [0, 0.1) is 0 Å². The second-order valence-electron chi connectivity index (χ2n) is 2.98. The van der Waals surface area contributed by atoms with E-state index in [4.69, 9.17) is 34.8 Å². The van der Waals surface area contributed by atoms with Crippen molar-refractivity contribution in [2.45, 2.75) is 5.88 Å². The first kappa shape index (κ1) is 10.8. The van der Waals surface area contributed by atoms with Gasteiger partial charge in [-0.05, 0) is 12.1 Å². The number of benzene rings is 1. The molecule has 0 aliphatic carbocycles. The number of nitrogens with zero attached hydrogens (tertiary/aromatic N) is 2. The van der Waals surface area contributed by atoms with Gasteiger partial charge >= 0.3 is 0 Å². The molecule has 2 aromatic rings. The molecule has 78 valence electrons. The Balaban J connectivity index is 2.49. The van der Waals surface area contributed by atoms with Crippen LogP contribution in [0.4, 0.5) is 0 Å². The van der Waals surface area contributed by atoms with Gasteiger partial charge in [0.2, 0.25) is 0 Å². The monoisotopic (exact) mass is 260 g/mol. The van der Waals surface area contributed by atoms with Crippen molar-refractivity contribution in [1.82, 2.24) is 9.55 Å². The summed E-state index contributed by atoms with van der Waals surface area (Å²) in [4.78, 5) is 4.11. The van der Waals surface area contributed by atoms with E-state index in [-0.39, 0.29) is 0 Å². The minimum absolute atomic E-state index is 0.380. The molecule has 2 nitrogen and oxygen atoms in total. The lowest BCUT2D eigenvalue weighted by molar-refractivity contribution is 1.06. The first-order chi connectivity index (χ1) is 7.22. The Morgan fingerprint density at radius 1 is 1.27 bits per heavy atom. The molecule has 5 heteroatoms. The molecule has 2 rings (SSSR count). The minimum atomic E-state index is 0.380. The smallest absolute Gasteiger partial charge is 0.0996 e. The fraction of sp³-hybridized carbons (Fsp3) is 0.100. The van der Waals surface area contributed by atoms with E-state index in [1.807, 2.05) is 18.3 Å². The Hall–Kier alpha value is -0.700. The predicted octanol–water partition coefficient (Wildman–Crippen LogP) is 3.92. The molecule has 0 spiro atoms. The van der Waals surface area contributed by atoms with E-state index in [0.717, 1.165) is 11.4 Å². The zero-order valence-corrected chi connectivity index (χ0v) is 9.89. The van der Waals surface area contributed by atoms with Crippen molar-refractivity contribution in [3.05, 3.63) is 46.5 Å². The Morgan fingerprint density at radius 2 is 2.07 bits per heavy atom. The lowest BCUT2D eigenvalue weighted by Gasteiger charge is -2.05. The third-order valence-electron chi connectivity index (χ3n) is 1.98. The number of hydrogen-bond acceptors (Lipinski definition) is 1. The molecule has 1 aromatic carbocycles. The van der Waals surface area contributed by atoms with Crippen LogP contribution < -0.4 is 0 Å². The van der Waals surface area contributed by atoms with Gasteiger partial charge in [-0.25, -0.2) is 4.98 Å². The van der Waals surface area contributed by atoms with E-state index >= 15 is 0 Å². The van der Waals surface area contributed by atoms with E-state index in [2.05, 4.69) is 4.98 Å². The van der Waals surface area contributed by atoms with Gasteiger partial charge in [0.15, 0.2) is 0 Å². The summed E-state index contributed by atoms with van der Waals surface area (Å²) in [5.41, 5.74) is 1.60. The lowest BCUT2D eigenvalue weighted by Crippen LogP contribution is -1.91. The van der Waals surface area contributed by atoms with Crippen LogP contribution in [0.25, 0.3) is 5.69 Å². The molecule has 0 unspecified atom stereocenters. The van der Waals surface area contributed by atoms with E-state index < -0.39 is 0 Å². The van der Waals surface area contributed by atoms with E-state index in [0.29, 0.717) is 15.9 Å². The molecule has 0 N–H and O–H groups in total. The molecule has 0 radical (unpaired) electrons. The second-order valence-corrected chi connectivity index (χ2v) is 4.03. The highest BCUT2D eigenvalue weighted by atomic mass is 35.5. The summed E-state index contributed by atoms with van der Waals surface area (Å²) in [6.45, 7) is 0. The minimum Gasteiger partial charge on any atom is -0.304 e. The van der Waals surface area contributed by atoms with Crippen LogP contribution in [0.2, 0.25) is 10.0 Å². The molecular weight excluding hydrogens is 254 g/mol. The lowest BCUT2D eigenvalue weighted by atomic mass is 10.3. The summed E-state index contributed by atoms with van der Waals surface area (Å²) in [5, 5.41) is 1.04. The van der Waals surface area contributed by atoms with Crippen molar-refractivity contribution >= 4 is 34.8 Å². The van der Waals surface area contributed by atoms with E-state index in [1.54, 1.807) is 17.0 Å². The predicted molar refractivity (Wildman–Crippen MR) is 63.1 cm³/mol.